The van der Waals surface area contributed by atoms with Gasteiger partial charge in [-0.2, -0.15) is 0 Å². The monoisotopic (exact) mass is 255 g/mol. The van der Waals surface area contributed by atoms with Gasteiger partial charge in [-0.1, -0.05) is 0 Å². The average Bonchev–Trinajstić information content (AvgIpc) is 2.81. The Balaban J connectivity index is 2.62. The maximum atomic E-state index is 11.7. The van der Waals surface area contributed by atoms with E-state index in [0.29, 0.717) is 5.76 Å². The molecule has 0 aliphatic heterocycles. The van der Waals surface area contributed by atoms with Crippen LogP contribution in [0.4, 0.5) is 4.79 Å². The Morgan fingerprint density at radius 2 is 2.06 bits per heavy atom. The second kappa shape index (κ2) is 7.37. The van der Waals surface area contributed by atoms with Crippen LogP contribution in [0.1, 0.15) is 19.6 Å². The molecule has 0 spiro atoms. The van der Waals surface area contributed by atoms with Gasteiger partial charge in [0.05, 0.1) is 19.5 Å². The van der Waals surface area contributed by atoms with Gasteiger partial charge in [-0.25, -0.2) is 9.59 Å². The predicted molar refractivity (Wildman–Crippen MR) is 63.0 cm³/mol. The van der Waals surface area contributed by atoms with Crippen molar-refractivity contribution in [1.29, 1.82) is 0 Å². The van der Waals surface area contributed by atoms with Crippen LogP contribution >= 0.6 is 0 Å². The zero-order valence-corrected chi connectivity index (χ0v) is 10.5. The Morgan fingerprint density at radius 1 is 1.33 bits per heavy atom. The third-order valence-electron chi connectivity index (χ3n) is 2.12. The van der Waals surface area contributed by atoms with Crippen LogP contribution in [0.2, 0.25) is 0 Å². The third-order valence-corrected chi connectivity index (χ3v) is 2.12. The molecule has 0 aliphatic rings. The minimum atomic E-state index is -0.810. The van der Waals surface area contributed by atoms with E-state index in [4.69, 9.17) is 13.9 Å². The maximum absolute atomic E-state index is 11.7. The molecule has 100 valence electrons. The molecule has 0 fully saturated rings. The molecule has 1 atom stereocenters. The molecule has 6 nitrogen and oxygen atoms in total. The molecule has 0 radical (unpaired) electrons. The van der Waals surface area contributed by atoms with E-state index in [1.165, 1.54) is 6.26 Å². The molecule has 0 saturated carbocycles. The topological polar surface area (TPSA) is 77.8 Å². The Bertz CT molecular complexity index is 374. The van der Waals surface area contributed by atoms with Crippen LogP contribution in [-0.4, -0.2) is 31.3 Å². The summed E-state index contributed by atoms with van der Waals surface area (Å²) in [5.74, 6) is 0.0757. The Kier molecular flexibility index (Phi) is 5.76. The molecule has 0 aromatic carbocycles. The molecule has 1 amide bonds. The van der Waals surface area contributed by atoms with Crippen LogP contribution in [0.5, 0.6) is 0 Å². The highest BCUT2D eigenvalue weighted by molar-refractivity contribution is 5.81. The highest BCUT2D eigenvalue weighted by atomic mass is 16.6. The molecule has 0 bridgehead atoms. The van der Waals surface area contributed by atoms with Gasteiger partial charge in [0.1, 0.15) is 11.8 Å². The summed E-state index contributed by atoms with van der Waals surface area (Å²) in [4.78, 5) is 23.0. The van der Waals surface area contributed by atoms with E-state index in [9.17, 15) is 9.59 Å². The third kappa shape index (κ3) is 4.48. The number of carbonyl (C=O) groups excluding carboxylic acids is 2. The fourth-order valence-electron chi connectivity index (χ4n) is 1.38. The minimum absolute atomic E-state index is 0.227. The van der Waals surface area contributed by atoms with Crippen LogP contribution in [-0.2, 0) is 20.7 Å². The van der Waals surface area contributed by atoms with Crippen LogP contribution in [0.15, 0.2) is 22.8 Å². The van der Waals surface area contributed by atoms with E-state index >= 15 is 0 Å². The van der Waals surface area contributed by atoms with Gasteiger partial charge in [-0.3, -0.25) is 0 Å². The standard InChI is InChI=1S/C12H17NO5/c1-3-16-11(14)10(13-12(15)17-4-2)8-9-6-5-7-18-9/h5-7,10H,3-4,8H2,1-2H3,(H,13,15). The molecule has 1 N–H and O–H groups in total. The number of carbonyl (C=O) groups is 2. The van der Waals surface area contributed by atoms with Gasteiger partial charge in [-0.15, -0.1) is 0 Å². The first kappa shape index (κ1) is 14.1. The molecule has 18 heavy (non-hydrogen) atoms. The number of esters is 1. The van der Waals surface area contributed by atoms with Crippen molar-refractivity contribution in [2.24, 2.45) is 0 Å². The van der Waals surface area contributed by atoms with Crippen LogP contribution in [0.25, 0.3) is 0 Å². The van der Waals surface area contributed by atoms with Crippen molar-refractivity contribution in [3.63, 3.8) is 0 Å². The number of hydrogen-bond donors (Lipinski definition) is 1. The molecule has 0 aliphatic carbocycles. The van der Waals surface area contributed by atoms with Gasteiger partial charge in [0.25, 0.3) is 0 Å². The smallest absolute Gasteiger partial charge is 0.407 e. The van der Waals surface area contributed by atoms with Crippen molar-refractivity contribution < 1.29 is 23.5 Å². The summed E-state index contributed by atoms with van der Waals surface area (Å²) in [6.45, 7) is 3.87. The Labute approximate surface area is 105 Å². The van der Waals surface area contributed by atoms with Gasteiger partial charge in [0.2, 0.25) is 0 Å². The summed E-state index contributed by atoms with van der Waals surface area (Å²) < 4.78 is 14.7. The maximum Gasteiger partial charge on any atom is 0.407 e. The van der Waals surface area contributed by atoms with Gasteiger partial charge in [0, 0.05) is 6.42 Å². The Morgan fingerprint density at radius 3 is 2.61 bits per heavy atom. The van der Waals surface area contributed by atoms with Gasteiger partial charge >= 0.3 is 12.1 Å². The van der Waals surface area contributed by atoms with Gasteiger partial charge in [0.15, 0.2) is 0 Å². The number of alkyl carbamates (subject to hydrolysis) is 1. The van der Waals surface area contributed by atoms with Crippen molar-refractivity contribution in [3.8, 4) is 0 Å². The van der Waals surface area contributed by atoms with E-state index in [1.807, 2.05) is 0 Å². The quantitative estimate of drug-likeness (QED) is 0.779. The fourth-order valence-corrected chi connectivity index (χ4v) is 1.38. The number of nitrogens with one attached hydrogen (secondary N) is 1. The molecule has 1 aromatic heterocycles. The lowest BCUT2D eigenvalue weighted by molar-refractivity contribution is -0.145. The first-order chi connectivity index (χ1) is 8.67. The lowest BCUT2D eigenvalue weighted by Gasteiger charge is -2.15. The fraction of sp³-hybridized carbons (Fsp3) is 0.500. The van der Waals surface area contributed by atoms with E-state index in [-0.39, 0.29) is 19.6 Å². The molecule has 1 heterocycles. The molecular weight excluding hydrogens is 238 g/mol. The van der Waals surface area contributed by atoms with Crippen LogP contribution in [0.3, 0.4) is 0 Å². The largest absolute Gasteiger partial charge is 0.469 e. The average molecular weight is 255 g/mol. The number of rotatable bonds is 6. The number of ether oxygens (including phenoxy) is 2. The normalized spacial score (nSPS) is 11.7. The summed E-state index contributed by atoms with van der Waals surface area (Å²) in [5.41, 5.74) is 0. The number of amides is 1. The highest BCUT2D eigenvalue weighted by Gasteiger charge is 2.24. The summed E-state index contributed by atoms with van der Waals surface area (Å²) in [6.07, 6.45) is 1.08. The lowest BCUT2D eigenvalue weighted by Crippen LogP contribution is -2.43. The first-order valence-corrected chi connectivity index (χ1v) is 5.79. The van der Waals surface area contributed by atoms with E-state index < -0.39 is 18.1 Å². The highest BCUT2D eigenvalue weighted by Crippen LogP contribution is 2.06. The van der Waals surface area contributed by atoms with Gasteiger partial charge < -0.3 is 19.2 Å². The van der Waals surface area contributed by atoms with Gasteiger partial charge in [-0.05, 0) is 26.0 Å². The van der Waals surface area contributed by atoms with Crippen molar-refractivity contribution >= 4 is 12.1 Å². The molecule has 6 heteroatoms. The molecule has 1 aromatic rings. The summed E-state index contributed by atoms with van der Waals surface area (Å²) in [6, 6.07) is 2.62. The van der Waals surface area contributed by atoms with Crippen molar-refractivity contribution in [1.82, 2.24) is 5.32 Å². The molecular formula is C12H17NO5. The van der Waals surface area contributed by atoms with Crippen LogP contribution in [0, 0.1) is 0 Å². The molecule has 1 rings (SSSR count). The SMILES string of the molecule is CCOC(=O)NC(Cc1ccco1)C(=O)OCC. The van der Waals surface area contributed by atoms with E-state index in [1.54, 1.807) is 26.0 Å². The zero-order chi connectivity index (χ0) is 13.4. The summed E-state index contributed by atoms with van der Waals surface area (Å²) >= 11 is 0. The predicted octanol–water partition coefficient (Wildman–Crippen LogP) is 1.50. The lowest BCUT2D eigenvalue weighted by atomic mass is 10.2. The van der Waals surface area contributed by atoms with Crippen molar-refractivity contribution in [2.75, 3.05) is 13.2 Å². The first-order valence-electron chi connectivity index (χ1n) is 5.79. The Hall–Kier alpha value is -1.98. The number of furan rings is 1. The molecule has 0 saturated heterocycles. The van der Waals surface area contributed by atoms with Crippen molar-refractivity contribution in [3.05, 3.63) is 24.2 Å². The second-order valence-corrected chi connectivity index (χ2v) is 3.45. The summed E-state index contributed by atoms with van der Waals surface area (Å²) in [5, 5.41) is 2.45. The van der Waals surface area contributed by atoms with E-state index in [2.05, 4.69) is 5.32 Å². The van der Waals surface area contributed by atoms with Crippen LogP contribution < -0.4 is 5.32 Å². The van der Waals surface area contributed by atoms with Crippen molar-refractivity contribution in [2.45, 2.75) is 26.3 Å². The second-order valence-electron chi connectivity index (χ2n) is 3.45. The zero-order valence-electron chi connectivity index (χ0n) is 10.5. The summed E-state index contributed by atoms with van der Waals surface area (Å²) in [7, 11) is 0. The number of hydrogen-bond acceptors (Lipinski definition) is 5. The van der Waals surface area contributed by atoms with E-state index in [0.717, 1.165) is 0 Å². The molecule has 1 unspecified atom stereocenters. The minimum Gasteiger partial charge on any atom is -0.469 e.